The third-order valence-corrected chi connectivity index (χ3v) is 6.72. The number of rotatable bonds is 8. The molecular formula is C29H25NO8. The molecule has 38 heavy (non-hydrogen) atoms. The topological polar surface area (TPSA) is 146 Å². The number of carbonyl (C=O) groups is 2. The van der Waals surface area contributed by atoms with Gasteiger partial charge in [0.05, 0.1) is 11.5 Å². The van der Waals surface area contributed by atoms with E-state index < -0.39 is 35.5 Å². The average Bonchev–Trinajstić information content (AvgIpc) is 3.24. The van der Waals surface area contributed by atoms with Crippen molar-refractivity contribution in [2.45, 2.75) is 24.5 Å². The van der Waals surface area contributed by atoms with E-state index in [1.807, 2.05) is 36.4 Å². The quantitative estimate of drug-likeness (QED) is 0.277. The summed E-state index contributed by atoms with van der Waals surface area (Å²) in [6.07, 6.45) is -3.20. The van der Waals surface area contributed by atoms with Gasteiger partial charge in [-0.15, -0.1) is 0 Å². The van der Waals surface area contributed by atoms with E-state index >= 15 is 0 Å². The van der Waals surface area contributed by atoms with Crippen LogP contribution in [0.25, 0.3) is 22.1 Å². The van der Waals surface area contributed by atoms with Crippen LogP contribution in [0.1, 0.15) is 45.7 Å². The Morgan fingerprint density at radius 3 is 2.26 bits per heavy atom. The van der Waals surface area contributed by atoms with Crippen molar-refractivity contribution >= 4 is 23.0 Å². The SMILES string of the molecule is O=C(NCCC(O)C(O)c1ccc2oc(C(=O)O)cc(=O)c2c1)OCC1c2ccccc2-c2ccccc21. The lowest BCUT2D eigenvalue weighted by molar-refractivity contribution is 0.0137. The van der Waals surface area contributed by atoms with Crippen LogP contribution < -0.4 is 10.7 Å². The average molecular weight is 516 g/mol. The Bertz CT molecular complexity index is 1530. The molecule has 9 heteroatoms. The highest BCUT2D eigenvalue weighted by atomic mass is 16.5. The first-order valence-corrected chi connectivity index (χ1v) is 12.1. The number of carboxylic acids is 1. The fourth-order valence-electron chi connectivity index (χ4n) is 4.81. The van der Waals surface area contributed by atoms with Crippen molar-refractivity contribution < 1.29 is 34.1 Å². The van der Waals surface area contributed by atoms with Crippen LogP contribution in [0.2, 0.25) is 0 Å². The maximum Gasteiger partial charge on any atom is 0.407 e. The molecule has 2 unspecified atom stereocenters. The molecule has 1 heterocycles. The molecule has 0 fully saturated rings. The first-order valence-electron chi connectivity index (χ1n) is 12.1. The zero-order valence-electron chi connectivity index (χ0n) is 20.2. The first-order chi connectivity index (χ1) is 18.3. The van der Waals surface area contributed by atoms with Crippen LogP contribution in [0.4, 0.5) is 4.79 Å². The number of carboxylic acid groups (broad SMARTS) is 1. The molecule has 0 saturated heterocycles. The Labute approximate surface area is 216 Å². The minimum Gasteiger partial charge on any atom is -0.475 e. The largest absolute Gasteiger partial charge is 0.475 e. The number of benzene rings is 3. The second-order valence-corrected chi connectivity index (χ2v) is 9.09. The van der Waals surface area contributed by atoms with Crippen LogP contribution >= 0.6 is 0 Å². The van der Waals surface area contributed by atoms with E-state index in [-0.39, 0.29) is 42.0 Å². The van der Waals surface area contributed by atoms with Crippen LogP contribution in [0.5, 0.6) is 0 Å². The molecule has 2 atom stereocenters. The molecule has 4 N–H and O–H groups in total. The molecule has 5 rings (SSSR count). The molecule has 194 valence electrons. The van der Waals surface area contributed by atoms with Gasteiger partial charge in [0, 0.05) is 18.5 Å². The summed E-state index contributed by atoms with van der Waals surface area (Å²) in [5, 5.41) is 32.7. The van der Waals surface area contributed by atoms with Gasteiger partial charge >= 0.3 is 12.1 Å². The van der Waals surface area contributed by atoms with Gasteiger partial charge in [-0.05, 0) is 46.4 Å². The Morgan fingerprint density at radius 1 is 0.947 bits per heavy atom. The van der Waals surface area contributed by atoms with E-state index in [4.69, 9.17) is 14.3 Å². The van der Waals surface area contributed by atoms with Gasteiger partial charge in [-0.1, -0.05) is 54.6 Å². The number of nitrogens with one attached hydrogen (secondary N) is 1. The number of hydrogen-bond acceptors (Lipinski definition) is 7. The van der Waals surface area contributed by atoms with E-state index in [0.29, 0.717) is 0 Å². The molecule has 1 aliphatic rings. The van der Waals surface area contributed by atoms with E-state index in [1.54, 1.807) is 0 Å². The second-order valence-electron chi connectivity index (χ2n) is 9.09. The van der Waals surface area contributed by atoms with E-state index in [1.165, 1.54) is 18.2 Å². The van der Waals surface area contributed by atoms with Gasteiger partial charge in [0.2, 0.25) is 5.76 Å². The molecule has 1 aliphatic carbocycles. The minimum atomic E-state index is -1.37. The van der Waals surface area contributed by atoms with Gasteiger partial charge in [-0.25, -0.2) is 9.59 Å². The van der Waals surface area contributed by atoms with Crippen molar-refractivity contribution in [3.8, 4) is 11.1 Å². The molecule has 1 amide bonds. The summed E-state index contributed by atoms with van der Waals surface area (Å²) in [6, 6.07) is 21.0. The number of ether oxygens (including phenoxy) is 1. The number of aromatic carboxylic acids is 1. The molecule has 0 aliphatic heterocycles. The van der Waals surface area contributed by atoms with E-state index in [0.717, 1.165) is 28.3 Å². The van der Waals surface area contributed by atoms with Crippen LogP contribution in [-0.2, 0) is 4.74 Å². The van der Waals surface area contributed by atoms with Gasteiger partial charge in [-0.2, -0.15) is 0 Å². The highest BCUT2D eigenvalue weighted by Crippen LogP contribution is 2.44. The van der Waals surface area contributed by atoms with Gasteiger partial charge in [0.1, 0.15) is 18.3 Å². The van der Waals surface area contributed by atoms with E-state index in [9.17, 15) is 24.6 Å². The van der Waals surface area contributed by atoms with Crippen molar-refractivity contribution in [1.29, 1.82) is 0 Å². The molecule has 3 aromatic carbocycles. The van der Waals surface area contributed by atoms with Gasteiger partial charge in [-0.3, -0.25) is 4.79 Å². The summed E-state index contributed by atoms with van der Waals surface area (Å²) in [5.41, 5.74) is 4.18. The zero-order valence-corrected chi connectivity index (χ0v) is 20.2. The number of amides is 1. The molecule has 0 radical (unpaired) electrons. The number of aliphatic hydroxyl groups excluding tert-OH is 2. The third-order valence-electron chi connectivity index (χ3n) is 6.72. The van der Waals surface area contributed by atoms with Crippen molar-refractivity contribution in [2.75, 3.05) is 13.2 Å². The number of alkyl carbamates (subject to hydrolysis) is 1. The maximum atomic E-state index is 12.3. The third kappa shape index (κ3) is 4.89. The van der Waals surface area contributed by atoms with Crippen LogP contribution in [0.15, 0.2) is 82.0 Å². The number of hydrogen-bond donors (Lipinski definition) is 4. The summed E-state index contributed by atoms with van der Waals surface area (Å²) in [5.74, 6) is -1.93. The van der Waals surface area contributed by atoms with E-state index in [2.05, 4.69) is 17.4 Å². The lowest BCUT2D eigenvalue weighted by Gasteiger charge is -2.19. The molecule has 0 saturated carbocycles. The molecule has 4 aromatic rings. The zero-order chi connectivity index (χ0) is 26.8. The maximum absolute atomic E-state index is 12.3. The smallest absolute Gasteiger partial charge is 0.407 e. The van der Waals surface area contributed by atoms with Crippen LogP contribution in [0, 0.1) is 0 Å². The highest BCUT2D eigenvalue weighted by molar-refractivity contribution is 5.87. The summed E-state index contributed by atoms with van der Waals surface area (Å²) in [7, 11) is 0. The predicted octanol–water partition coefficient (Wildman–Crippen LogP) is 3.81. The molecule has 0 bridgehead atoms. The highest BCUT2D eigenvalue weighted by Gasteiger charge is 2.29. The lowest BCUT2D eigenvalue weighted by atomic mass is 9.98. The molecule has 1 aromatic heterocycles. The first kappa shape index (κ1) is 25.2. The lowest BCUT2D eigenvalue weighted by Crippen LogP contribution is -2.30. The Morgan fingerprint density at radius 2 is 1.61 bits per heavy atom. The summed E-state index contributed by atoms with van der Waals surface area (Å²) < 4.78 is 10.7. The summed E-state index contributed by atoms with van der Waals surface area (Å²) in [4.78, 5) is 35.7. The fourth-order valence-corrected chi connectivity index (χ4v) is 4.81. The number of fused-ring (bicyclic) bond motifs is 4. The molecule has 0 spiro atoms. The minimum absolute atomic E-state index is 0.0238. The second kappa shape index (κ2) is 10.5. The Kier molecular flexibility index (Phi) is 6.95. The monoisotopic (exact) mass is 515 g/mol. The normalized spacial score (nSPS) is 13.9. The Balaban J connectivity index is 1.15. The Hall–Kier alpha value is -4.47. The van der Waals surface area contributed by atoms with Crippen LogP contribution in [-0.4, -0.2) is 46.6 Å². The molecule has 9 nitrogen and oxygen atoms in total. The van der Waals surface area contributed by atoms with Gasteiger partial charge < -0.3 is 29.8 Å². The number of aliphatic hydroxyl groups is 2. The predicted molar refractivity (Wildman–Crippen MR) is 138 cm³/mol. The fraction of sp³-hybridized carbons (Fsp3) is 0.207. The summed E-state index contributed by atoms with van der Waals surface area (Å²) in [6.45, 7) is 0.209. The van der Waals surface area contributed by atoms with Crippen molar-refractivity contribution in [2.24, 2.45) is 0 Å². The van der Waals surface area contributed by atoms with Gasteiger partial charge in [0.15, 0.2) is 5.43 Å². The van der Waals surface area contributed by atoms with Crippen LogP contribution in [0.3, 0.4) is 0 Å². The van der Waals surface area contributed by atoms with Crippen molar-refractivity contribution in [3.05, 3.63) is 105 Å². The number of carbonyl (C=O) groups excluding carboxylic acids is 1. The van der Waals surface area contributed by atoms with Crippen molar-refractivity contribution in [1.82, 2.24) is 5.32 Å². The van der Waals surface area contributed by atoms with Crippen molar-refractivity contribution in [3.63, 3.8) is 0 Å². The molecular weight excluding hydrogens is 490 g/mol. The standard InChI is InChI=1S/C29H25NO8/c31-23(27(33)16-9-10-25-21(13-16)24(32)14-26(38-25)28(34)35)11-12-30-29(36)37-15-22-19-7-3-1-5-17(19)18-6-2-4-8-20(18)22/h1-10,13-14,22-23,27,31,33H,11-12,15H2,(H,30,36)(H,34,35). The summed E-state index contributed by atoms with van der Waals surface area (Å²) >= 11 is 0. The van der Waals surface area contributed by atoms with Gasteiger partial charge in [0.25, 0.3) is 0 Å².